The molecule has 6 aromatic rings. The van der Waals surface area contributed by atoms with Gasteiger partial charge < -0.3 is 4.57 Å². The van der Waals surface area contributed by atoms with Crippen molar-refractivity contribution in [1.82, 2.24) is 4.57 Å². The first kappa shape index (κ1) is 17.4. The molecule has 1 aliphatic heterocycles. The highest BCUT2D eigenvalue weighted by Crippen LogP contribution is 2.52. The van der Waals surface area contributed by atoms with Crippen LogP contribution in [0.2, 0.25) is 0 Å². The first-order valence-electron chi connectivity index (χ1n) is 12.3. The molecule has 158 valence electrons. The number of benzene rings is 5. The number of hydrogen-bond acceptors (Lipinski definition) is 0. The zero-order valence-corrected chi connectivity index (χ0v) is 18.7. The highest BCUT2D eigenvalue weighted by Gasteiger charge is 2.33. The normalized spacial score (nSPS) is 14.1. The molecule has 0 amide bonds. The van der Waals surface area contributed by atoms with Gasteiger partial charge >= 0.3 is 0 Å². The average Bonchev–Trinajstić information content (AvgIpc) is 3.54. The molecular formula is C33H21N. The van der Waals surface area contributed by atoms with E-state index in [9.17, 15) is 0 Å². The van der Waals surface area contributed by atoms with Crippen molar-refractivity contribution in [3.63, 3.8) is 0 Å². The lowest BCUT2D eigenvalue weighted by Crippen LogP contribution is -2.10. The molecule has 0 N–H and O–H groups in total. The lowest BCUT2D eigenvalue weighted by Gasteiger charge is -2.24. The van der Waals surface area contributed by atoms with Gasteiger partial charge in [-0.05, 0) is 68.1 Å². The van der Waals surface area contributed by atoms with Gasteiger partial charge in [-0.15, -0.1) is 0 Å². The third kappa shape index (κ3) is 1.94. The predicted molar refractivity (Wildman–Crippen MR) is 140 cm³/mol. The fourth-order valence-corrected chi connectivity index (χ4v) is 7.10. The van der Waals surface area contributed by atoms with Crippen molar-refractivity contribution >= 4 is 21.8 Å². The Bertz CT molecular complexity index is 1880. The molecular weight excluding hydrogens is 410 g/mol. The van der Waals surface area contributed by atoms with Gasteiger partial charge in [0.05, 0.1) is 16.7 Å². The predicted octanol–water partition coefficient (Wildman–Crippen LogP) is 7.83. The van der Waals surface area contributed by atoms with Gasteiger partial charge in [0.1, 0.15) is 0 Å². The minimum Gasteiger partial charge on any atom is -0.308 e. The maximum Gasteiger partial charge on any atom is 0.0576 e. The lowest BCUT2D eigenvalue weighted by atomic mass is 9.91. The van der Waals surface area contributed by atoms with Crippen molar-refractivity contribution in [2.45, 2.75) is 19.3 Å². The van der Waals surface area contributed by atoms with Crippen LogP contribution >= 0.6 is 0 Å². The van der Waals surface area contributed by atoms with E-state index < -0.39 is 0 Å². The molecule has 0 fully saturated rings. The molecule has 0 spiro atoms. The molecule has 0 saturated heterocycles. The molecule has 0 saturated carbocycles. The van der Waals surface area contributed by atoms with Crippen molar-refractivity contribution in [3.05, 3.63) is 124 Å². The summed E-state index contributed by atoms with van der Waals surface area (Å²) < 4.78 is 2.58. The van der Waals surface area contributed by atoms with E-state index in [4.69, 9.17) is 0 Å². The standard InChI is InChI=1S/C33H21N/c1-2-8-24-19(6-1)16-20-12-13-21-18-28-26(31(21)30(20)24)15-14-23-17-22-7-5-10-27-25-9-3-4-11-29(25)34(32(22)27)33(23)28/h1-15H,16-18H2. The van der Waals surface area contributed by atoms with Gasteiger partial charge in [-0.3, -0.25) is 0 Å². The van der Waals surface area contributed by atoms with Gasteiger partial charge in [-0.1, -0.05) is 84.9 Å². The number of para-hydroxylation sites is 2. The molecule has 1 aromatic heterocycles. The molecule has 0 radical (unpaired) electrons. The van der Waals surface area contributed by atoms with Crippen LogP contribution in [-0.2, 0) is 19.3 Å². The van der Waals surface area contributed by atoms with E-state index in [2.05, 4.69) is 95.6 Å². The van der Waals surface area contributed by atoms with Crippen molar-refractivity contribution in [2.24, 2.45) is 0 Å². The largest absolute Gasteiger partial charge is 0.308 e. The van der Waals surface area contributed by atoms with E-state index in [0.29, 0.717) is 0 Å². The van der Waals surface area contributed by atoms with E-state index in [1.807, 2.05) is 0 Å². The Hall–Kier alpha value is -4.10. The van der Waals surface area contributed by atoms with Gasteiger partial charge in [0.25, 0.3) is 0 Å². The second kappa shape index (κ2) is 5.87. The van der Waals surface area contributed by atoms with Gasteiger partial charge in [-0.25, -0.2) is 0 Å². The van der Waals surface area contributed by atoms with Crippen LogP contribution in [0.4, 0.5) is 0 Å². The Morgan fingerprint density at radius 2 is 1.18 bits per heavy atom. The molecule has 9 rings (SSSR count). The molecule has 0 unspecified atom stereocenters. The Kier molecular flexibility index (Phi) is 3.00. The highest BCUT2D eigenvalue weighted by atomic mass is 15.0. The number of nitrogens with zero attached hydrogens (tertiary/aromatic N) is 1. The van der Waals surface area contributed by atoms with Crippen molar-refractivity contribution in [3.8, 4) is 27.9 Å². The second-order valence-corrected chi connectivity index (χ2v) is 10.1. The Labute approximate surface area is 197 Å². The summed E-state index contributed by atoms with van der Waals surface area (Å²) in [5.41, 5.74) is 18.8. The number of fused-ring (bicyclic) bond motifs is 13. The first-order chi connectivity index (χ1) is 16.9. The summed E-state index contributed by atoms with van der Waals surface area (Å²) >= 11 is 0. The minimum absolute atomic E-state index is 1.01. The quantitative estimate of drug-likeness (QED) is 0.231. The van der Waals surface area contributed by atoms with Crippen molar-refractivity contribution in [1.29, 1.82) is 0 Å². The molecule has 1 nitrogen and oxygen atoms in total. The van der Waals surface area contributed by atoms with Crippen LogP contribution in [-0.4, -0.2) is 4.57 Å². The average molecular weight is 432 g/mol. The van der Waals surface area contributed by atoms with E-state index in [0.717, 1.165) is 19.3 Å². The molecule has 3 aliphatic rings. The van der Waals surface area contributed by atoms with E-state index in [1.54, 1.807) is 0 Å². The fourth-order valence-electron chi connectivity index (χ4n) is 7.10. The van der Waals surface area contributed by atoms with E-state index >= 15 is 0 Å². The lowest BCUT2D eigenvalue weighted by molar-refractivity contribution is 1.02. The third-order valence-corrected chi connectivity index (χ3v) is 8.43. The summed E-state index contributed by atoms with van der Waals surface area (Å²) in [6, 6.07) is 34.3. The summed E-state index contributed by atoms with van der Waals surface area (Å²) in [6.45, 7) is 0. The van der Waals surface area contributed by atoms with E-state index in [1.165, 1.54) is 83.1 Å². The Balaban J connectivity index is 1.40. The third-order valence-electron chi connectivity index (χ3n) is 8.43. The van der Waals surface area contributed by atoms with Crippen LogP contribution in [0.25, 0.3) is 49.7 Å². The maximum absolute atomic E-state index is 2.58. The van der Waals surface area contributed by atoms with Gasteiger partial charge in [-0.2, -0.15) is 0 Å². The topological polar surface area (TPSA) is 4.93 Å². The maximum atomic E-state index is 2.58. The Morgan fingerprint density at radius 1 is 0.471 bits per heavy atom. The molecule has 1 heteroatoms. The number of rotatable bonds is 0. The van der Waals surface area contributed by atoms with Gasteiger partial charge in [0.15, 0.2) is 0 Å². The highest BCUT2D eigenvalue weighted by molar-refractivity contribution is 6.11. The monoisotopic (exact) mass is 431 g/mol. The molecule has 5 aromatic carbocycles. The van der Waals surface area contributed by atoms with Crippen LogP contribution in [0.1, 0.15) is 33.4 Å². The second-order valence-electron chi connectivity index (χ2n) is 10.1. The smallest absolute Gasteiger partial charge is 0.0576 e. The summed E-state index contributed by atoms with van der Waals surface area (Å²) in [5.74, 6) is 0. The van der Waals surface area contributed by atoms with Crippen LogP contribution in [0, 0.1) is 0 Å². The van der Waals surface area contributed by atoms with Crippen molar-refractivity contribution < 1.29 is 0 Å². The zero-order chi connectivity index (χ0) is 22.0. The Morgan fingerprint density at radius 3 is 2.15 bits per heavy atom. The number of aromatic nitrogens is 1. The first-order valence-corrected chi connectivity index (χ1v) is 12.3. The fraction of sp³-hybridized carbons (Fsp3) is 0.0909. The van der Waals surface area contributed by atoms with Crippen LogP contribution in [0.15, 0.2) is 91.0 Å². The van der Waals surface area contributed by atoms with Crippen molar-refractivity contribution in [2.75, 3.05) is 0 Å². The van der Waals surface area contributed by atoms with Gasteiger partial charge in [0.2, 0.25) is 0 Å². The van der Waals surface area contributed by atoms with Gasteiger partial charge in [0, 0.05) is 23.6 Å². The summed E-state index contributed by atoms with van der Waals surface area (Å²) in [6.07, 6.45) is 3.07. The van der Waals surface area contributed by atoms with Crippen LogP contribution in [0.5, 0.6) is 0 Å². The minimum atomic E-state index is 1.01. The SMILES string of the molecule is c1ccc2c(c1)Cc1ccc3c(c1-2)-c1ccc2c(c1C3)-n1c3ccccc3c3cccc(c31)C2. The van der Waals surface area contributed by atoms with E-state index in [-0.39, 0.29) is 0 Å². The molecule has 0 atom stereocenters. The summed E-state index contributed by atoms with van der Waals surface area (Å²) in [7, 11) is 0. The molecule has 34 heavy (non-hydrogen) atoms. The molecule has 0 bridgehead atoms. The molecule has 2 aliphatic carbocycles. The summed E-state index contributed by atoms with van der Waals surface area (Å²) in [4.78, 5) is 0. The van der Waals surface area contributed by atoms with Crippen LogP contribution in [0.3, 0.4) is 0 Å². The van der Waals surface area contributed by atoms with Crippen LogP contribution < -0.4 is 0 Å². The number of hydrogen-bond donors (Lipinski definition) is 0. The zero-order valence-electron chi connectivity index (χ0n) is 18.7. The molecule has 2 heterocycles. The summed E-state index contributed by atoms with van der Waals surface area (Å²) in [5, 5.41) is 2.73.